The molecule has 1 atom stereocenters. The summed E-state index contributed by atoms with van der Waals surface area (Å²) in [6.07, 6.45) is 5.71. The fourth-order valence-electron chi connectivity index (χ4n) is 2.37. The van der Waals surface area contributed by atoms with Crippen molar-refractivity contribution < 1.29 is 0 Å². The highest BCUT2D eigenvalue weighted by molar-refractivity contribution is 5.25. The van der Waals surface area contributed by atoms with Crippen LogP contribution in [0.15, 0.2) is 24.5 Å². The van der Waals surface area contributed by atoms with E-state index in [1.165, 1.54) is 0 Å². The van der Waals surface area contributed by atoms with E-state index in [9.17, 15) is 0 Å². The van der Waals surface area contributed by atoms with Crippen LogP contribution in [0.3, 0.4) is 0 Å². The van der Waals surface area contributed by atoms with Crippen LogP contribution in [0.4, 0.5) is 0 Å². The Labute approximate surface area is 114 Å². The van der Waals surface area contributed by atoms with Gasteiger partial charge in [-0.1, -0.05) is 13.0 Å². The minimum absolute atomic E-state index is 0.0499. The van der Waals surface area contributed by atoms with Gasteiger partial charge in [0.2, 0.25) is 0 Å². The second kappa shape index (κ2) is 5.97. The first-order chi connectivity index (χ1) is 9.11. The lowest BCUT2D eigenvalue weighted by Crippen LogP contribution is -2.18. The Morgan fingerprint density at radius 1 is 1.32 bits per heavy atom. The highest BCUT2D eigenvalue weighted by atomic mass is 15.1. The van der Waals surface area contributed by atoms with Crippen LogP contribution < -0.4 is 5.73 Å². The van der Waals surface area contributed by atoms with Crippen LogP contribution >= 0.6 is 0 Å². The van der Waals surface area contributed by atoms with Crippen molar-refractivity contribution >= 4 is 0 Å². The monoisotopic (exact) mass is 258 g/mol. The number of pyridine rings is 1. The molecule has 0 saturated carbocycles. The predicted molar refractivity (Wildman–Crippen MR) is 76.9 cm³/mol. The smallest absolute Gasteiger partial charge is 0.110 e. The summed E-state index contributed by atoms with van der Waals surface area (Å²) in [5.74, 6) is 1.05. The third kappa shape index (κ3) is 3.20. The van der Waals surface area contributed by atoms with Gasteiger partial charge in [-0.3, -0.25) is 4.98 Å². The van der Waals surface area contributed by atoms with Crippen molar-refractivity contribution in [3.63, 3.8) is 0 Å². The molecule has 2 aromatic heterocycles. The molecule has 0 spiro atoms. The minimum Gasteiger partial charge on any atom is -0.335 e. The number of hydrogen-bond acceptors (Lipinski definition) is 3. The molecule has 19 heavy (non-hydrogen) atoms. The van der Waals surface area contributed by atoms with Crippen LogP contribution in [0.5, 0.6) is 0 Å². The Morgan fingerprint density at radius 3 is 2.79 bits per heavy atom. The van der Waals surface area contributed by atoms with E-state index in [1.54, 1.807) is 0 Å². The summed E-state index contributed by atoms with van der Waals surface area (Å²) in [6.45, 7) is 7.17. The van der Waals surface area contributed by atoms with E-state index in [-0.39, 0.29) is 6.04 Å². The van der Waals surface area contributed by atoms with E-state index >= 15 is 0 Å². The highest BCUT2D eigenvalue weighted by Gasteiger charge is 2.13. The van der Waals surface area contributed by atoms with E-state index in [0.29, 0.717) is 0 Å². The van der Waals surface area contributed by atoms with Crippen LogP contribution in [0.1, 0.15) is 42.2 Å². The molecule has 4 nitrogen and oxygen atoms in total. The molecule has 0 aromatic carbocycles. The van der Waals surface area contributed by atoms with Gasteiger partial charge in [0, 0.05) is 42.8 Å². The fraction of sp³-hybridized carbons (Fsp3) is 0.467. The number of aryl methyl sites for hydroxylation is 3. The molecule has 0 amide bonds. The van der Waals surface area contributed by atoms with Gasteiger partial charge in [-0.05, 0) is 31.9 Å². The lowest BCUT2D eigenvalue weighted by molar-refractivity contribution is 0.596. The Hall–Kier alpha value is -1.68. The summed E-state index contributed by atoms with van der Waals surface area (Å²) >= 11 is 0. The molecule has 0 aliphatic heterocycles. The van der Waals surface area contributed by atoms with Crippen molar-refractivity contribution in [3.05, 3.63) is 47.3 Å². The maximum absolute atomic E-state index is 6.31. The summed E-state index contributed by atoms with van der Waals surface area (Å²) in [7, 11) is 0. The molecule has 2 heterocycles. The Balaban J connectivity index is 2.16. The lowest BCUT2D eigenvalue weighted by Gasteiger charge is -2.15. The first-order valence-electron chi connectivity index (χ1n) is 6.81. The molecular weight excluding hydrogens is 236 g/mol. The van der Waals surface area contributed by atoms with Gasteiger partial charge in [0.05, 0.1) is 0 Å². The lowest BCUT2D eigenvalue weighted by atomic mass is 10.0. The predicted octanol–water partition coefficient (Wildman–Crippen LogP) is 2.55. The number of aromatic nitrogens is 3. The quantitative estimate of drug-likeness (QED) is 0.896. The van der Waals surface area contributed by atoms with Gasteiger partial charge >= 0.3 is 0 Å². The zero-order valence-corrected chi connectivity index (χ0v) is 11.9. The van der Waals surface area contributed by atoms with Gasteiger partial charge in [-0.25, -0.2) is 4.98 Å². The highest BCUT2D eigenvalue weighted by Crippen LogP contribution is 2.18. The van der Waals surface area contributed by atoms with Gasteiger partial charge in [-0.2, -0.15) is 0 Å². The van der Waals surface area contributed by atoms with Gasteiger partial charge in [0.1, 0.15) is 5.82 Å². The van der Waals surface area contributed by atoms with Crippen molar-refractivity contribution in [1.29, 1.82) is 0 Å². The molecule has 0 saturated heterocycles. The molecule has 0 fully saturated rings. The molecule has 0 bridgehead atoms. The zero-order chi connectivity index (χ0) is 13.8. The summed E-state index contributed by atoms with van der Waals surface area (Å²) in [5, 5.41) is 0. The van der Waals surface area contributed by atoms with E-state index in [1.807, 2.05) is 32.3 Å². The van der Waals surface area contributed by atoms with Crippen molar-refractivity contribution in [3.8, 4) is 0 Å². The van der Waals surface area contributed by atoms with Gasteiger partial charge in [-0.15, -0.1) is 0 Å². The molecule has 2 N–H and O–H groups in total. The van der Waals surface area contributed by atoms with Crippen molar-refractivity contribution in [1.82, 2.24) is 14.5 Å². The number of nitrogens with zero attached hydrogens (tertiary/aromatic N) is 3. The summed E-state index contributed by atoms with van der Waals surface area (Å²) in [4.78, 5) is 8.89. The second-order valence-electron chi connectivity index (χ2n) is 4.97. The van der Waals surface area contributed by atoms with Gasteiger partial charge in [0.25, 0.3) is 0 Å². The van der Waals surface area contributed by atoms with Crippen LogP contribution in [0.2, 0.25) is 0 Å². The summed E-state index contributed by atoms with van der Waals surface area (Å²) < 4.78 is 2.18. The SMILES string of the molecule is CCCn1ccnc1CC(N)c1ccc(C)nc1C. The van der Waals surface area contributed by atoms with Crippen molar-refractivity contribution in [2.45, 2.75) is 46.2 Å². The summed E-state index contributed by atoms with van der Waals surface area (Å²) in [5.41, 5.74) is 9.46. The third-order valence-electron chi connectivity index (χ3n) is 3.33. The molecule has 0 aliphatic rings. The Morgan fingerprint density at radius 2 is 2.11 bits per heavy atom. The number of nitrogens with two attached hydrogens (primary N) is 1. The van der Waals surface area contributed by atoms with E-state index in [0.717, 1.165) is 42.2 Å². The summed E-state index contributed by atoms with van der Waals surface area (Å²) in [6, 6.07) is 4.04. The number of rotatable bonds is 5. The first-order valence-corrected chi connectivity index (χ1v) is 6.81. The first kappa shape index (κ1) is 13.7. The van der Waals surface area contributed by atoms with Crippen LogP contribution in [-0.4, -0.2) is 14.5 Å². The average molecular weight is 258 g/mol. The standard InChI is InChI=1S/C15H22N4/c1-4-8-19-9-7-17-15(19)10-14(16)13-6-5-11(2)18-12(13)3/h5-7,9,14H,4,8,10,16H2,1-3H3. The topological polar surface area (TPSA) is 56.7 Å². The fourth-order valence-corrected chi connectivity index (χ4v) is 2.37. The minimum atomic E-state index is -0.0499. The Bertz CT molecular complexity index is 545. The van der Waals surface area contributed by atoms with Gasteiger partial charge < -0.3 is 10.3 Å². The molecule has 102 valence electrons. The zero-order valence-electron chi connectivity index (χ0n) is 11.9. The van der Waals surface area contributed by atoms with Gasteiger partial charge in [0.15, 0.2) is 0 Å². The van der Waals surface area contributed by atoms with E-state index in [2.05, 4.69) is 27.5 Å². The van der Waals surface area contributed by atoms with Crippen molar-refractivity contribution in [2.24, 2.45) is 5.73 Å². The molecule has 0 radical (unpaired) electrons. The Kier molecular flexibility index (Phi) is 4.32. The maximum atomic E-state index is 6.31. The van der Waals surface area contributed by atoms with E-state index < -0.39 is 0 Å². The molecule has 1 unspecified atom stereocenters. The van der Waals surface area contributed by atoms with Crippen LogP contribution in [0.25, 0.3) is 0 Å². The second-order valence-corrected chi connectivity index (χ2v) is 4.97. The van der Waals surface area contributed by atoms with Crippen LogP contribution in [0, 0.1) is 13.8 Å². The molecule has 4 heteroatoms. The van der Waals surface area contributed by atoms with E-state index in [4.69, 9.17) is 5.73 Å². The van der Waals surface area contributed by atoms with Crippen LogP contribution in [-0.2, 0) is 13.0 Å². The molecule has 2 aromatic rings. The largest absolute Gasteiger partial charge is 0.335 e. The molecule has 2 rings (SSSR count). The maximum Gasteiger partial charge on any atom is 0.110 e. The number of hydrogen-bond donors (Lipinski definition) is 1. The number of imidazole rings is 1. The molecular formula is C15H22N4. The average Bonchev–Trinajstić information content (AvgIpc) is 2.77. The van der Waals surface area contributed by atoms with Crippen molar-refractivity contribution in [2.75, 3.05) is 0 Å². The molecule has 0 aliphatic carbocycles. The normalized spacial score (nSPS) is 12.6. The third-order valence-corrected chi connectivity index (χ3v) is 3.33.